The van der Waals surface area contributed by atoms with Crippen molar-refractivity contribution in [1.29, 1.82) is 0 Å². The lowest BCUT2D eigenvalue weighted by Crippen LogP contribution is -2.37. The van der Waals surface area contributed by atoms with Gasteiger partial charge in [-0.3, -0.25) is 4.68 Å². The monoisotopic (exact) mass is 349 g/mol. The number of halogens is 2. The molecule has 0 unspecified atom stereocenters. The van der Waals surface area contributed by atoms with E-state index in [1.54, 1.807) is 10.7 Å². The number of nitrogens with one attached hydrogen (secondary N) is 1. The first-order chi connectivity index (χ1) is 11.1. The fraction of sp³-hybridized carbons (Fsp3) is 0.188. The van der Waals surface area contributed by atoms with Gasteiger partial charge in [-0.1, -0.05) is 29.3 Å². The van der Waals surface area contributed by atoms with Crippen LogP contribution in [0.5, 0.6) is 0 Å². The molecule has 1 saturated heterocycles. The van der Waals surface area contributed by atoms with Gasteiger partial charge in [-0.2, -0.15) is 5.10 Å². The van der Waals surface area contributed by atoms with E-state index in [9.17, 15) is 0 Å². The summed E-state index contributed by atoms with van der Waals surface area (Å²) in [7, 11) is 1.89. The van der Waals surface area contributed by atoms with Crippen LogP contribution in [0.4, 0.5) is 5.69 Å². The lowest BCUT2D eigenvalue weighted by Gasteiger charge is -2.28. The van der Waals surface area contributed by atoms with Crippen LogP contribution in [0.1, 0.15) is 0 Å². The first kappa shape index (κ1) is 14.8. The average molecular weight is 350 g/mol. The minimum absolute atomic E-state index is 0.308. The minimum Gasteiger partial charge on any atom is -0.337 e. The van der Waals surface area contributed by atoms with E-state index >= 15 is 0 Å². The second-order valence-corrected chi connectivity index (χ2v) is 6.16. The molecule has 0 radical (unpaired) electrons. The number of anilines is 1. The summed E-state index contributed by atoms with van der Waals surface area (Å²) in [4.78, 5) is 0. The molecule has 1 aliphatic heterocycles. The van der Waals surface area contributed by atoms with Crippen LogP contribution in [0.15, 0.2) is 36.5 Å². The number of hydrogen-bond donors (Lipinski definition) is 1. The molecule has 118 valence electrons. The van der Waals surface area contributed by atoms with Crippen molar-refractivity contribution < 1.29 is 9.47 Å². The van der Waals surface area contributed by atoms with Gasteiger partial charge in [0.2, 0.25) is 6.41 Å². The van der Waals surface area contributed by atoms with Gasteiger partial charge in [-0.05, 0) is 24.3 Å². The molecule has 23 heavy (non-hydrogen) atoms. The summed E-state index contributed by atoms with van der Waals surface area (Å²) in [5.74, 6) is 0. The first-order valence-corrected chi connectivity index (χ1v) is 7.78. The third-order valence-corrected chi connectivity index (χ3v) is 4.22. The van der Waals surface area contributed by atoms with Crippen molar-refractivity contribution in [3.05, 3.63) is 46.6 Å². The molecule has 0 aliphatic carbocycles. The molecule has 2 heterocycles. The molecular formula is C16H13Cl2N3O2. The van der Waals surface area contributed by atoms with Gasteiger partial charge in [0, 0.05) is 45.5 Å². The maximum atomic E-state index is 6.38. The van der Waals surface area contributed by atoms with Gasteiger partial charge in [0.1, 0.15) is 5.52 Å². The van der Waals surface area contributed by atoms with Crippen molar-refractivity contribution in [2.24, 2.45) is 7.05 Å². The molecule has 0 saturated carbocycles. The van der Waals surface area contributed by atoms with Gasteiger partial charge < -0.3 is 14.8 Å². The molecular weight excluding hydrogens is 337 g/mol. The molecule has 7 heteroatoms. The predicted molar refractivity (Wildman–Crippen MR) is 90.6 cm³/mol. The van der Waals surface area contributed by atoms with E-state index in [2.05, 4.69) is 10.4 Å². The Morgan fingerprint density at radius 2 is 2.00 bits per heavy atom. The van der Waals surface area contributed by atoms with Crippen LogP contribution < -0.4 is 5.32 Å². The third kappa shape index (κ3) is 2.77. The summed E-state index contributed by atoms with van der Waals surface area (Å²) in [5, 5.41) is 9.89. The van der Waals surface area contributed by atoms with Crippen LogP contribution in [0.3, 0.4) is 0 Å². The number of aromatic nitrogens is 2. The van der Waals surface area contributed by atoms with E-state index in [1.165, 1.54) is 0 Å². The predicted octanol–water partition coefficient (Wildman–Crippen LogP) is 4.25. The van der Waals surface area contributed by atoms with Crippen LogP contribution in [0.2, 0.25) is 10.0 Å². The fourth-order valence-corrected chi connectivity index (χ4v) is 3.12. The molecule has 4 rings (SSSR count). The Labute approximate surface area is 142 Å². The number of hydrogen-bond acceptors (Lipinski definition) is 4. The summed E-state index contributed by atoms with van der Waals surface area (Å²) < 4.78 is 12.3. The second kappa shape index (κ2) is 5.69. The Hall–Kier alpha value is -1.79. The highest BCUT2D eigenvalue weighted by molar-refractivity contribution is 6.36. The highest BCUT2D eigenvalue weighted by atomic mass is 35.5. The van der Waals surface area contributed by atoms with E-state index < -0.39 is 6.41 Å². The average Bonchev–Trinajstić information content (AvgIpc) is 2.82. The van der Waals surface area contributed by atoms with E-state index in [0.29, 0.717) is 16.8 Å². The van der Waals surface area contributed by atoms with Crippen molar-refractivity contribution in [3.63, 3.8) is 0 Å². The van der Waals surface area contributed by atoms with Crippen LogP contribution in [0.25, 0.3) is 22.0 Å². The Morgan fingerprint density at radius 3 is 2.70 bits per heavy atom. The molecule has 1 aromatic heterocycles. The van der Waals surface area contributed by atoms with Crippen LogP contribution in [-0.4, -0.2) is 23.0 Å². The first-order valence-electron chi connectivity index (χ1n) is 7.03. The molecule has 5 nitrogen and oxygen atoms in total. The summed E-state index contributed by atoms with van der Waals surface area (Å²) in [5.41, 5.74) is 3.54. The van der Waals surface area contributed by atoms with Crippen molar-refractivity contribution in [2.45, 2.75) is 6.41 Å². The Bertz CT molecular complexity index is 890. The topological polar surface area (TPSA) is 48.3 Å². The molecule has 2 aromatic carbocycles. The van der Waals surface area contributed by atoms with Gasteiger partial charge in [0.25, 0.3) is 0 Å². The zero-order valence-corrected chi connectivity index (χ0v) is 13.7. The summed E-state index contributed by atoms with van der Waals surface area (Å²) in [6.45, 7) is 0.308. The number of nitrogens with zero attached hydrogens (tertiary/aromatic N) is 2. The van der Waals surface area contributed by atoms with Crippen LogP contribution in [-0.2, 0) is 16.5 Å². The lowest BCUT2D eigenvalue weighted by molar-refractivity contribution is -0.305. The van der Waals surface area contributed by atoms with Crippen molar-refractivity contribution in [1.82, 2.24) is 9.78 Å². The van der Waals surface area contributed by atoms with Gasteiger partial charge in [-0.25, -0.2) is 0 Å². The SMILES string of the molecule is Cn1cc2cc(NC3OCO3)cc(-c3ccc(Cl)cc3Cl)c2n1. The highest BCUT2D eigenvalue weighted by Gasteiger charge is 2.20. The molecule has 1 fully saturated rings. The maximum Gasteiger partial charge on any atom is 0.242 e. The maximum absolute atomic E-state index is 6.38. The van der Waals surface area contributed by atoms with E-state index in [4.69, 9.17) is 32.7 Å². The van der Waals surface area contributed by atoms with E-state index in [-0.39, 0.29) is 0 Å². The summed E-state index contributed by atoms with van der Waals surface area (Å²) in [6, 6.07) is 9.42. The number of ether oxygens (including phenoxy) is 2. The van der Waals surface area contributed by atoms with Gasteiger partial charge in [-0.15, -0.1) is 0 Å². The molecule has 0 bridgehead atoms. The van der Waals surface area contributed by atoms with Gasteiger partial charge in [0.05, 0.1) is 0 Å². The van der Waals surface area contributed by atoms with Crippen molar-refractivity contribution in [3.8, 4) is 11.1 Å². The second-order valence-electron chi connectivity index (χ2n) is 5.32. The van der Waals surface area contributed by atoms with Crippen LogP contribution in [0, 0.1) is 0 Å². The number of benzene rings is 2. The fourth-order valence-electron chi connectivity index (χ4n) is 2.61. The zero-order chi connectivity index (χ0) is 16.0. The Morgan fingerprint density at radius 1 is 1.17 bits per heavy atom. The Balaban J connectivity index is 1.88. The minimum atomic E-state index is -0.419. The Kier molecular flexibility index (Phi) is 3.66. The lowest BCUT2D eigenvalue weighted by atomic mass is 10.0. The third-order valence-electron chi connectivity index (χ3n) is 3.67. The number of rotatable bonds is 3. The van der Waals surface area contributed by atoms with E-state index in [0.717, 1.165) is 27.7 Å². The molecule has 1 aliphatic rings. The quantitative estimate of drug-likeness (QED) is 0.767. The normalized spacial score (nSPS) is 14.9. The smallest absolute Gasteiger partial charge is 0.242 e. The van der Waals surface area contributed by atoms with Crippen molar-refractivity contribution in [2.75, 3.05) is 12.1 Å². The largest absolute Gasteiger partial charge is 0.337 e. The van der Waals surface area contributed by atoms with Crippen molar-refractivity contribution >= 4 is 39.8 Å². The van der Waals surface area contributed by atoms with Gasteiger partial charge in [0.15, 0.2) is 6.79 Å². The summed E-state index contributed by atoms with van der Waals surface area (Å²) in [6.07, 6.45) is 1.54. The van der Waals surface area contributed by atoms with Crippen LogP contribution >= 0.6 is 23.2 Å². The molecule has 3 aromatic rings. The zero-order valence-electron chi connectivity index (χ0n) is 12.2. The van der Waals surface area contributed by atoms with Gasteiger partial charge >= 0.3 is 0 Å². The molecule has 0 spiro atoms. The standard InChI is InChI=1S/C16H13Cl2N3O2/c1-21-7-9-4-11(19-16-22-8-23-16)6-13(15(9)20-21)12-3-2-10(17)5-14(12)18/h2-7,16,19H,8H2,1H3. The highest BCUT2D eigenvalue weighted by Crippen LogP contribution is 2.36. The molecule has 1 N–H and O–H groups in total. The number of aryl methyl sites for hydroxylation is 1. The molecule has 0 atom stereocenters. The summed E-state index contributed by atoms with van der Waals surface area (Å²) >= 11 is 12.4. The number of fused-ring (bicyclic) bond motifs is 1. The molecule has 0 amide bonds. The van der Waals surface area contributed by atoms with E-state index in [1.807, 2.05) is 37.5 Å².